The standard InChI is InChI=1S/C13H21FN2O2/c1-18-8-6-16(5-7-17)10-12-4-2-3-11(9-15)13(12)14/h2-4,17H,5-10,15H2,1H3. The van der Waals surface area contributed by atoms with Gasteiger partial charge in [-0.25, -0.2) is 4.39 Å². The molecule has 1 aromatic rings. The maximum absolute atomic E-state index is 14.0. The van der Waals surface area contributed by atoms with Crippen LogP contribution in [0.3, 0.4) is 0 Å². The predicted molar refractivity (Wildman–Crippen MR) is 68.5 cm³/mol. The number of rotatable bonds is 8. The van der Waals surface area contributed by atoms with Crippen LogP contribution in [0, 0.1) is 5.82 Å². The first-order chi connectivity index (χ1) is 8.72. The van der Waals surface area contributed by atoms with E-state index in [-0.39, 0.29) is 19.0 Å². The largest absolute Gasteiger partial charge is 0.395 e. The van der Waals surface area contributed by atoms with E-state index in [0.717, 1.165) is 0 Å². The van der Waals surface area contributed by atoms with Gasteiger partial charge in [-0.2, -0.15) is 0 Å². The summed E-state index contributed by atoms with van der Waals surface area (Å²) in [5, 5.41) is 8.99. The minimum absolute atomic E-state index is 0.0436. The van der Waals surface area contributed by atoms with Crippen molar-refractivity contribution >= 4 is 0 Å². The van der Waals surface area contributed by atoms with Crippen molar-refractivity contribution in [1.29, 1.82) is 0 Å². The Morgan fingerprint density at radius 3 is 2.67 bits per heavy atom. The minimum atomic E-state index is -0.250. The van der Waals surface area contributed by atoms with Crippen LogP contribution in [-0.4, -0.2) is 43.4 Å². The van der Waals surface area contributed by atoms with Gasteiger partial charge in [0.15, 0.2) is 0 Å². The molecule has 5 heteroatoms. The second-order valence-electron chi connectivity index (χ2n) is 4.09. The number of nitrogens with two attached hydrogens (primary N) is 1. The zero-order valence-electron chi connectivity index (χ0n) is 10.7. The molecule has 0 saturated heterocycles. The number of hydrogen-bond acceptors (Lipinski definition) is 4. The molecule has 0 atom stereocenters. The number of ether oxygens (including phenoxy) is 1. The molecule has 1 aromatic carbocycles. The molecule has 3 N–H and O–H groups in total. The lowest BCUT2D eigenvalue weighted by Gasteiger charge is -2.21. The van der Waals surface area contributed by atoms with E-state index in [4.69, 9.17) is 15.6 Å². The number of aliphatic hydroxyl groups excluding tert-OH is 1. The molecule has 0 bridgehead atoms. The zero-order chi connectivity index (χ0) is 13.4. The first kappa shape index (κ1) is 15.0. The Kier molecular flexibility index (Phi) is 6.82. The molecule has 0 spiro atoms. The van der Waals surface area contributed by atoms with Gasteiger partial charge in [-0.05, 0) is 0 Å². The average Bonchev–Trinajstić information content (AvgIpc) is 2.38. The number of benzene rings is 1. The van der Waals surface area contributed by atoms with E-state index >= 15 is 0 Å². The van der Waals surface area contributed by atoms with Gasteiger partial charge in [-0.3, -0.25) is 4.90 Å². The van der Waals surface area contributed by atoms with Crippen molar-refractivity contribution in [2.45, 2.75) is 13.1 Å². The molecule has 0 aliphatic carbocycles. The third-order valence-electron chi connectivity index (χ3n) is 2.80. The van der Waals surface area contributed by atoms with Crippen molar-refractivity contribution in [3.8, 4) is 0 Å². The fourth-order valence-electron chi connectivity index (χ4n) is 1.79. The quantitative estimate of drug-likeness (QED) is 0.720. The van der Waals surface area contributed by atoms with Gasteiger partial charge in [-0.1, -0.05) is 18.2 Å². The van der Waals surface area contributed by atoms with E-state index in [0.29, 0.717) is 37.4 Å². The molecule has 0 aliphatic heterocycles. The zero-order valence-corrected chi connectivity index (χ0v) is 10.7. The van der Waals surface area contributed by atoms with Crippen LogP contribution in [0.15, 0.2) is 18.2 Å². The molecular formula is C13H21FN2O2. The molecule has 0 radical (unpaired) electrons. The van der Waals surface area contributed by atoms with Gasteiger partial charge >= 0.3 is 0 Å². The third-order valence-corrected chi connectivity index (χ3v) is 2.80. The fraction of sp³-hybridized carbons (Fsp3) is 0.538. The summed E-state index contributed by atoms with van der Waals surface area (Å²) in [6.45, 7) is 2.39. The van der Waals surface area contributed by atoms with Gasteiger partial charge in [0.25, 0.3) is 0 Å². The predicted octanol–water partition coefficient (Wildman–Crippen LogP) is 0.725. The Bertz CT molecular complexity index is 361. The Labute approximate surface area is 107 Å². The molecule has 1 rings (SSSR count). The smallest absolute Gasteiger partial charge is 0.132 e. The summed E-state index contributed by atoms with van der Waals surface area (Å²) >= 11 is 0. The maximum atomic E-state index is 14.0. The molecule has 0 unspecified atom stereocenters. The summed E-state index contributed by atoms with van der Waals surface area (Å²) in [6, 6.07) is 5.23. The van der Waals surface area contributed by atoms with Crippen LogP contribution in [0.1, 0.15) is 11.1 Å². The Balaban J connectivity index is 2.73. The van der Waals surface area contributed by atoms with Crippen molar-refractivity contribution < 1.29 is 14.2 Å². The third kappa shape index (κ3) is 4.34. The van der Waals surface area contributed by atoms with Crippen LogP contribution in [0.2, 0.25) is 0 Å². The maximum Gasteiger partial charge on any atom is 0.132 e. The van der Waals surface area contributed by atoms with Gasteiger partial charge in [0.1, 0.15) is 5.82 Å². The molecule has 0 fully saturated rings. The number of hydrogen-bond donors (Lipinski definition) is 2. The van der Waals surface area contributed by atoms with Crippen molar-refractivity contribution in [3.05, 3.63) is 35.1 Å². The van der Waals surface area contributed by atoms with Gasteiger partial charge in [-0.15, -0.1) is 0 Å². The Hall–Kier alpha value is -1.01. The van der Waals surface area contributed by atoms with Crippen molar-refractivity contribution in [3.63, 3.8) is 0 Å². The van der Waals surface area contributed by atoms with Gasteiger partial charge in [0.05, 0.1) is 13.2 Å². The molecule has 0 amide bonds. The van der Waals surface area contributed by atoms with Crippen LogP contribution in [0.5, 0.6) is 0 Å². The summed E-state index contributed by atoms with van der Waals surface area (Å²) in [5.74, 6) is -0.250. The SMILES string of the molecule is COCCN(CCO)Cc1cccc(CN)c1F. The highest BCUT2D eigenvalue weighted by Crippen LogP contribution is 2.14. The summed E-state index contributed by atoms with van der Waals surface area (Å²) in [7, 11) is 1.62. The van der Waals surface area contributed by atoms with Crippen LogP contribution < -0.4 is 5.73 Å². The fourth-order valence-corrected chi connectivity index (χ4v) is 1.79. The van der Waals surface area contributed by atoms with E-state index in [9.17, 15) is 4.39 Å². The summed E-state index contributed by atoms with van der Waals surface area (Å²) in [6.07, 6.45) is 0. The van der Waals surface area contributed by atoms with Crippen molar-refractivity contribution in [1.82, 2.24) is 4.90 Å². The normalized spacial score (nSPS) is 11.2. The van der Waals surface area contributed by atoms with Crippen LogP contribution in [0.25, 0.3) is 0 Å². The second-order valence-corrected chi connectivity index (χ2v) is 4.09. The second kappa shape index (κ2) is 8.16. The monoisotopic (exact) mass is 256 g/mol. The van der Waals surface area contributed by atoms with E-state index in [1.165, 1.54) is 0 Å². The molecule has 0 saturated carbocycles. The lowest BCUT2D eigenvalue weighted by molar-refractivity contribution is 0.126. The minimum Gasteiger partial charge on any atom is -0.395 e. The molecular weight excluding hydrogens is 235 g/mol. The molecule has 0 heterocycles. The highest BCUT2D eigenvalue weighted by Gasteiger charge is 2.11. The summed E-state index contributed by atoms with van der Waals surface area (Å²) < 4.78 is 19.0. The van der Waals surface area contributed by atoms with E-state index in [2.05, 4.69) is 0 Å². The highest BCUT2D eigenvalue weighted by atomic mass is 19.1. The first-order valence-electron chi connectivity index (χ1n) is 6.01. The van der Waals surface area contributed by atoms with Gasteiger partial charge in [0, 0.05) is 44.4 Å². The Morgan fingerprint density at radius 2 is 2.06 bits per heavy atom. The van der Waals surface area contributed by atoms with Gasteiger partial charge < -0.3 is 15.6 Å². The summed E-state index contributed by atoms with van der Waals surface area (Å²) in [5.41, 5.74) is 6.59. The average molecular weight is 256 g/mol. The van der Waals surface area contributed by atoms with E-state index in [1.54, 1.807) is 25.3 Å². The van der Waals surface area contributed by atoms with Crippen molar-refractivity contribution in [2.75, 3.05) is 33.4 Å². The summed E-state index contributed by atoms with van der Waals surface area (Å²) in [4.78, 5) is 1.95. The number of aliphatic hydroxyl groups is 1. The molecule has 0 aliphatic rings. The highest BCUT2D eigenvalue weighted by molar-refractivity contribution is 5.25. The van der Waals surface area contributed by atoms with Crippen LogP contribution >= 0.6 is 0 Å². The molecule has 102 valence electrons. The van der Waals surface area contributed by atoms with Crippen molar-refractivity contribution in [2.24, 2.45) is 5.73 Å². The topological polar surface area (TPSA) is 58.7 Å². The van der Waals surface area contributed by atoms with E-state index < -0.39 is 0 Å². The Morgan fingerprint density at radius 1 is 1.33 bits per heavy atom. The van der Waals surface area contributed by atoms with Crippen LogP contribution in [-0.2, 0) is 17.8 Å². The lowest BCUT2D eigenvalue weighted by Crippen LogP contribution is -2.30. The number of halogens is 1. The van der Waals surface area contributed by atoms with Crippen LogP contribution in [0.4, 0.5) is 4.39 Å². The number of methoxy groups -OCH3 is 1. The number of nitrogens with zero attached hydrogens (tertiary/aromatic N) is 1. The van der Waals surface area contributed by atoms with E-state index in [1.807, 2.05) is 4.90 Å². The molecule has 0 aromatic heterocycles. The molecule has 4 nitrogen and oxygen atoms in total. The molecule has 18 heavy (non-hydrogen) atoms. The lowest BCUT2D eigenvalue weighted by atomic mass is 10.1. The van der Waals surface area contributed by atoms with Gasteiger partial charge in [0.2, 0.25) is 0 Å². The first-order valence-corrected chi connectivity index (χ1v) is 6.01.